The first-order valence-corrected chi connectivity index (χ1v) is 6.93. The first kappa shape index (κ1) is 14.7. The van der Waals surface area contributed by atoms with Crippen LogP contribution in [0, 0.1) is 19.8 Å². The van der Waals surface area contributed by atoms with Gasteiger partial charge in [0.05, 0.1) is 5.92 Å². The zero-order valence-corrected chi connectivity index (χ0v) is 11.2. The minimum absolute atomic E-state index is 0.0252. The molecule has 0 saturated heterocycles. The molecule has 0 spiro atoms. The summed E-state index contributed by atoms with van der Waals surface area (Å²) >= 11 is 0. The van der Waals surface area contributed by atoms with Crippen molar-refractivity contribution in [2.45, 2.75) is 32.1 Å². The predicted molar refractivity (Wildman–Crippen MR) is 62.6 cm³/mol. The number of nitrogens with one attached hydrogen (secondary N) is 1. The Kier molecular flexibility index (Phi) is 4.47. The predicted octanol–water partition coefficient (Wildman–Crippen LogP) is 0.681. The number of rotatable bonds is 6. The van der Waals surface area contributed by atoms with E-state index in [1.54, 1.807) is 6.92 Å². The fraction of sp³-hybridized carbons (Fsp3) is 0.600. The van der Waals surface area contributed by atoms with E-state index in [0.717, 1.165) is 0 Å². The molecule has 0 saturated carbocycles. The second-order valence-corrected chi connectivity index (χ2v) is 5.65. The van der Waals surface area contributed by atoms with Crippen LogP contribution in [0.1, 0.15) is 24.8 Å². The van der Waals surface area contributed by atoms with Crippen LogP contribution in [-0.2, 0) is 14.8 Å². The Labute approximate surface area is 105 Å². The van der Waals surface area contributed by atoms with Gasteiger partial charge in [-0.2, -0.15) is 0 Å². The van der Waals surface area contributed by atoms with E-state index < -0.39 is 21.9 Å². The van der Waals surface area contributed by atoms with E-state index in [0.29, 0.717) is 6.42 Å². The standard InChI is InChI=1S/C10H16N2O5S/c1-4-8(10(13)14)5-11-18(15,16)9-6(2)12-17-7(9)3/h8,11H,4-5H2,1-3H3,(H,13,14). The topological polar surface area (TPSA) is 110 Å². The van der Waals surface area contributed by atoms with E-state index in [4.69, 9.17) is 9.63 Å². The number of nitrogens with zero attached hydrogens (tertiary/aromatic N) is 1. The summed E-state index contributed by atoms with van der Waals surface area (Å²) in [6.45, 7) is 4.53. The molecule has 0 aliphatic rings. The number of sulfonamides is 1. The molecule has 2 N–H and O–H groups in total. The summed E-state index contributed by atoms with van der Waals surface area (Å²) in [6.07, 6.45) is 0.347. The quantitative estimate of drug-likeness (QED) is 0.790. The Balaban J connectivity index is 2.87. The summed E-state index contributed by atoms with van der Waals surface area (Å²) in [5, 5.41) is 12.4. The second-order valence-electron chi connectivity index (χ2n) is 3.95. The molecule has 7 nitrogen and oxygen atoms in total. The van der Waals surface area contributed by atoms with Gasteiger partial charge in [0.25, 0.3) is 0 Å². The van der Waals surface area contributed by atoms with Gasteiger partial charge in [0.1, 0.15) is 10.6 Å². The minimum atomic E-state index is -3.79. The fourth-order valence-corrected chi connectivity index (χ4v) is 2.95. The van der Waals surface area contributed by atoms with Gasteiger partial charge in [-0.15, -0.1) is 0 Å². The number of aliphatic carboxylic acids is 1. The summed E-state index contributed by atoms with van der Waals surface area (Å²) in [7, 11) is -3.79. The minimum Gasteiger partial charge on any atom is -0.481 e. The van der Waals surface area contributed by atoms with Crippen LogP contribution in [0.4, 0.5) is 0 Å². The van der Waals surface area contributed by atoms with Gasteiger partial charge >= 0.3 is 5.97 Å². The molecule has 102 valence electrons. The number of hydrogen-bond donors (Lipinski definition) is 2. The Hall–Kier alpha value is -1.41. The molecular formula is C10H16N2O5S. The molecule has 0 aromatic carbocycles. The monoisotopic (exact) mass is 276 g/mol. The zero-order chi connectivity index (χ0) is 13.9. The molecule has 1 heterocycles. The van der Waals surface area contributed by atoms with Gasteiger partial charge in [-0.05, 0) is 20.3 Å². The molecule has 1 aromatic rings. The highest BCUT2D eigenvalue weighted by Crippen LogP contribution is 2.18. The zero-order valence-electron chi connectivity index (χ0n) is 10.4. The van der Waals surface area contributed by atoms with Crippen molar-refractivity contribution in [3.05, 3.63) is 11.5 Å². The van der Waals surface area contributed by atoms with Crippen molar-refractivity contribution in [1.82, 2.24) is 9.88 Å². The Morgan fingerprint density at radius 2 is 2.11 bits per heavy atom. The molecule has 1 atom stereocenters. The van der Waals surface area contributed by atoms with Gasteiger partial charge in [-0.1, -0.05) is 12.1 Å². The molecule has 0 aliphatic heterocycles. The Morgan fingerprint density at radius 3 is 2.50 bits per heavy atom. The lowest BCUT2D eigenvalue weighted by atomic mass is 10.1. The highest BCUT2D eigenvalue weighted by molar-refractivity contribution is 7.89. The molecular weight excluding hydrogens is 260 g/mol. The number of carboxylic acid groups (broad SMARTS) is 1. The van der Waals surface area contributed by atoms with E-state index >= 15 is 0 Å². The van der Waals surface area contributed by atoms with Crippen LogP contribution >= 0.6 is 0 Å². The van der Waals surface area contributed by atoms with E-state index in [2.05, 4.69) is 9.88 Å². The van der Waals surface area contributed by atoms with E-state index in [1.165, 1.54) is 13.8 Å². The molecule has 1 rings (SSSR count). The van der Waals surface area contributed by atoms with Crippen LogP contribution in [0.3, 0.4) is 0 Å². The highest BCUT2D eigenvalue weighted by Gasteiger charge is 2.26. The highest BCUT2D eigenvalue weighted by atomic mass is 32.2. The normalized spacial score (nSPS) is 13.5. The van der Waals surface area contributed by atoms with Crippen LogP contribution in [0.2, 0.25) is 0 Å². The van der Waals surface area contributed by atoms with Gasteiger partial charge in [0.15, 0.2) is 5.76 Å². The summed E-state index contributed by atoms with van der Waals surface area (Å²) in [5.41, 5.74) is 0.253. The van der Waals surface area contributed by atoms with Crippen LogP contribution < -0.4 is 4.72 Å². The Bertz CT molecular complexity index is 515. The number of hydrogen-bond acceptors (Lipinski definition) is 5. The molecule has 1 aromatic heterocycles. The van der Waals surface area contributed by atoms with Gasteiger partial charge in [-0.3, -0.25) is 4.79 Å². The molecule has 8 heteroatoms. The van der Waals surface area contributed by atoms with Crippen molar-refractivity contribution in [1.29, 1.82) is 0 Å². The third kappa shape index (κ3) is 3.08. The van der Waals surface area contributed by atoms with Gasteiger partial charge in [0.2, 0.25) is 10.0 Å². The first-order chi connectivity index (χ1) is 8.29. The molecule has 1 unspecified atom stereocenters. The van der Waals surface area contributed by atoms with E-state index in [1.807, 2.05) is 0 Å². The maximum atomic E-state index is 12.0. The number of aromatic nitrogens is 1. The van der Waals surface area contributed by atoms with E-state index in [9.17, 15) is 13.2 Å². The number of aryl methyl sites for hydroxylation is 2. The van der Waals surface area contributed by atoms with Crippen molar-refractivity contribution >= 4 is 16.0 Å². The number of carbonyl (C=O) groups is 1. The third-order valence-electron chi connectivity index (χ3n) is 2.60. The molecule has 0 amide bonds. The molecule has 0 aliphatic carbocycles. The lowest BCUT2D eigenvalue weighted by Gasteiger charge is -2.11. The van der Waals surface area contributed by atoms with Crippen molar-refractivity contribution in [3.63, 3.8) is 0 Å². The van der Waals surface area contributed by atoms with Crippen LogP contribution in [-0.4, -0.2) is 31.2 Å². The molecule has 0 bridgehead atoms. The lowest BCUT2D eigenvalue weighted by molar-refractivity contribution is -0.141. The first-order valence-electron chi connectivity index (χ1n) is 5.45. The van der Waals surface area contributed by atoms with Crippen LogP contribution in [0.25, 0.3) is 0 Å². The molecule has 0 fully saturated rings. The van der Waals surface area contributed by atoms with Gasteiger partial charge in [0, 0.05) is 6.54 Å². The second kappa shape index (κ2) is 5.49. The maximum absolute atomic E-state index is 12.0. The summed E-state index contributed by atoms with van der Waals surface area (Å²) in [5.74, 6) is -1.59. The Morgan fingerprint density at radius 1 is 1.50 bits per heavy atom. The van der Waals surface area contributed by atoms with Crippen molar-refractivity contribution < 1.29 is 22.8 Å². The van der Waals surface area contributed by atoms with Gasteiger partial charge < -0.3 is 9.63 Å². The smallest absolute Gasteiger partial charge is 0.307 e. The number of carboxylic acids is 1. The fourth-order valence-electron chi connectivity index (χ4n) is 1.55. The average molecular weight is 276 g/mol. The largest absolute Gasteiger partial charge is 0.481 e. The molecule has 18 heavy (non-hydrogen) atoms. The van der Waals surface area contributed by atoms with Crippen LogP contribution in [0.5, 0.6) is 0 Å². The lowest BCUT2D eigenvalue weighted by Crippen LogP contribution is -2.33. The third-order valence-corrected chi connectivity index (χ3v) is 4.27. The van der Waals surface area contributed by atoms with Crippen molar-refractivity contribution in [2.24, 2.45) is 5.92 Å². The van der Waals surface area contributed by atoms with Crippen molar-refractivity contribution in [2.75, 3.05) is 6.54 Å². The summed E-state index contributed by atoms with van der Waals surface area (Å²) < 4.78 is 31.0. The van der Waals surface area contributed by atoms with Crippen LogP contribution in [0.15, 0.2) is 9.42 Å². The molecule has 0 radical (unpaired) electrons. The van der Waals surface area contributed by atoms with Gasteiger partial charge in [-0.25, -0.2) is 13.1 Å². The van der Waals surface area contributed by atoms with Crippen molar-refractivity contribution in [3.8, 4) is 0 Å². The summed E-state index contributed by atoms with van der Waals surface area (Å²) in [6, 6.07) is 0. The SMILES string of the molecule is CCC(CNS(=O)(=O)c1c(C)noc1C)C(=O)O. The average Bonchev–Trinajstić information content (AvgIpc) is 2.59. The summed E-state index contributed by atoms with van der Waals surface area (Å²) in [4.78, 5) is 10.8. The maximum Gasteiger partial charge on any atom is 0.307 e. The van der Waals surface area contributed by atoms with E-state index in [-0.39, 0.29) is 22.9 Å².